The smallest absolute Gasteiger partial charge is 0.121 e. The highest BCUT2D eigenvalue weighted by atomic mass is 32.1. The summed E-state index contributed by atoms with van der Waals surface area (Å²) in [5.74, 6) is 0.662. The molecule has 86 valence electrons. The molecule has 2 N–H and O–H groups in total. The number of nitrogens with two attached hydrogens (primary N) is 1. The van der Waals surface area contributed by atoms with E-state index in [4.69, 9.17) is 5.73 Å². The van der Waals surface area contributed by atoms with Gasteiger partial charge in [0.1, 0.15) is 5.82 Å². The second-order valence-corrected chi connectivity index (χ2v) is 5.23. The zero-order valence-corrected chi connectivity index (χ0v) is 10.5. The maximum absolute atomic E-state index is 5.78. The minimum absolute atomic E-state index is 0.662. The molecule has 2 heterocycles. The highest BCUT2D eigenvalue weighted by molar-refractivity contribution is 7.18. The van der Waals surface area contributed by atoms with E-state index in [9.17, 15) is 0 Å². The van der Waals surface area contributed by atoms with Gasteiger partial charge in [0.25, 0.3) is 0 Å². The largest absolute Gasteiger partial charge is 0.384 e. The predicted molar refractivity (Wildman–Crippen MR) is 71.0 cm³/mol. The molecule has 1 aromatic carbocycles. The number of nitrogens with zero attached hydrogens (tertiary/aromatic N) is 3. The van der Waals surface area contributed by atoms with E-state index < -0.39 is 0 Å². The molecular weight excluding hydrogens is 232 g/mol. The lowest BCUT2D eigenvalue weighted by molar-refractivity contribution is 0.782. The molecule has 17 heavy (non-hydrogen) atoms. The van der Waals surface area contributed by atoms with Crippen LogP contribution < -0.4 is 5.73 Å². The maximum Gasteiger partial charge on any atom is 0.121 e. The van der Waals surface area contributed by atoms with E-state index in [1.807, 2.05) is 20.0 Å². The van der Waals surface area contributed by atoms with Gasteiger partial charge in [-0.3, -0.25) is 4.68 Å². The number of hydrogen-bond acceptors (Lipinski definition) is 4. The lowest BCUT2D eigenvalue weighted by Crippen LogP contribution is -1.96. The second-order valence-electron chi connectivity index (χ2n) is 3.99. The Morgan fingerprint density at radius 2 is 2.12 bits per heavy atom. The topological polar surface area (TPSA) is 56.7 Å². The highest BCUT2D eigenvalue weighted by Crippen LogP contribution is 2.27. The van der Waals surface area contributed by atoms with Gasteiger partial charge in [-0.05, 0) is 19.1 Å². The van der Waals surface area contributed by atoms with Crippen molar-refractivity contribution in [2.75, 3.05) is 5.73 Å². The van der Waals surface area contributed by atoms with Crippen LogP contribution in [-0.4, -0.2) is 14.8 Å². The van der Waals surface area contributed by atoms with Crippen molar-refractivity contribution in [2.24, 2.45) is 7.05 Å². The Morgan fingerprint density at radius 3 is 2.82 bits per heavy atom. The number of thiazole rings is 1. The molecule has 3 aromatic rings. The van der Waals surface area contributed by atoms with Crippen molar-refractivity contribution in [2.45, 2.75) is 6.92 Å². The van der Waals surface area contributed by atoms with Crippen molar-refractivity contribution in [3.05, 3.63) is 29.3 Å². The SMILES string of the molecule is Cc1nc2cc(-c3cc(N)n(C)n3)ccc2s1. The summed E-state index contributed by atoms with van der Waals surface area (Å²) < 4.78 is 2.88. The van der Waals surface area contributed by atoms with Gasteiger partial charge < -0.3 is 5.73 Å². The van der Waals surface area contributed by atoms with E-state index in [1.165, 1.54) is 4.70 Å². The van der Waals surface area contributed by atoms with E-state index >= 15 is 0 Å². The van der Waals surface area contributed by atoms with E-state index in [-0.39, 0.29) is 0 Å². The van der Waals surface area contributed by atoms with Crippen molar-refractivity contribution >= 4 is 27.4 Å². The van der Waals surface area contributed by atoms with Crippen LogP contribution in [0.3, 0.4) is 0 Å². The van der Waals surface area contributed by atoms with Gasteiger partial charge in [0.15, 0.2) is 0 Å². The van der Waals surface area contributed by atoms with E-state index in [0.29, 0.717) is 5.82 Å². The molecule has 0 atom stereocenters. The van der Waals surface area contributed by atoms with Crippen molar-refractivity contribution in [1.29, 1.82) is 0 Å². The number of nitrogen functional groups attached to an aromatic ring is 1. The Labute approximate surface area is 103 Å². The van der Waals surface area contributed by atoms with Crippen molar-refractivity contribution in [3.63, 3.8) is 0 Å². The fourth-order valence-corrected chi connectivity index (χ4v) is 2.63. The summed E-state index contributed by atoms with van der Waals surface area (Å²) in [5.41, 5.74) is 8.74. The number of anilines is 1. The molecule has 0 fully saturated rings. The van der Waals surface area contributed by atoms with Gasteiger partial charge >= 0.3 is 0 Å². The Kier molecular flexibility index (Phi) is 2.16. The van der Waals surface area contributed by atoms with Crippen LogP contribution in [0.5, 0.6) is 0 Å². The molecule has 4 nitrogen and oxygen atoms in total. The minimum Gasteiger partial charge on any atom is -0.384 e. The summed E-state index contributed by atoms with van der Waals surface area (Å²) in [6.45, 7) is 2.02. The first-order valence-corrected chi connectivity index (χ1v) is 6.12. The van der Waals surface area contributed by atoms with Gasteiger partial charge in [0, 0.05) is 18.7 Å². The Hall–Kier alpha value is -1.88. The van der Waals surface area contributed by atoms with E-state index in [1.54, 1.807) is 16.0 Å². The standard InChI is InChI=1S/C12H12N4S/c1-7-14-10-5-8(3-4-11(10)17-7)9-6-12(13)16(2)15-9/h3-6H,13H2,1-2H3. The lowest BCUT2D eigenvalue weighted by Gasteiger charge is -1.95. The Bertz CT molecular complexity index is 676. The zero-order valence-electron chi connectivity index (χ0n) is 9.64. The fourth-order valence-electron chi connectivity index (χ4n) is 1.82. The van der Waals surface area contributed by atoms with Crippen molar-refractivity contribution in [3.8, 4) is 11.3 Å². The number of rotatable bonds is 1. The first kappa shape index (κ1) is 10.3. The second kappa shape index (κ2) is 3.56. The molecule has 3 rings (SSSR count). The maximum atomic E-state index is 5.78. The summed E-state index contributed by atoms with van der Waals surface area (Å²) in [4.78, 5) is 4.48. The number of aryl methyl sites for hydroxylation is 2. The van der Waals surface area contributed by atoms with Gasteiger partial charge in [-0.1, -0.05) is 6.07 Å². The molecule has 0 saturated carbocycles. The monoisotopic (exact) mass is 244 g/mol. The van der Waals surface area contributed by atoms with Gasteiger partial charge in [-0.2, -0.15) is 5.10 Å². The van der Waals surface area contributed by atoms with Crippen LogP contribution in [0.2, 0.25) is 0 Å². The normalized spacial score (nSPS) is 11.2. The molecule has 0 saturated heterocycles. The van der Waals surface area contributed by atoms with Gasteiger partial charge in [0.2, 0.25) is 0 Å². The van der Waals surface area contributed by atoms with Crippen LogP contribution in [-0.2, 0) is 7.05 Å². The predicted octanol–water partition coefficient (Wildman–Crippen LogP) is 2.59. The third kappa shape index (κ3) is 1.68. The highest BCUT2D eigenvalue weighted by Gasteiger charge is 2.07. The quantitative estimate of drug-likeness (QED) is 0.715. The summed E-state index contributed by atoms with van der Waals surface area (Å²) in [5, 5.41) is 5.44. The number of benzene rings is 1. The molecule has 0 unspecified atom stereocenters. The van der Waals surface area contributed by atoms with E-state index in [2.05, 4.69) is 28.3 Å². The number of aromatic nitrogens is 3. The van der Waals surface area contributed by atoms with Gasteiger partial charge in [0.05, 0.1) is 20.9 Å². The Balaban J connectivity index is 2.16. The molecule has 2 aromatic heterocycles. The van der Waals surface area contributed by atoms with Crippen molar-refractivity contribution in [1.82, 2.24) is 14.8 Å². The average molecular weight is 244 g/mol. The summed E-state index contributed by atoms with van der Waals surface area (Å²) in [6.07, 6.45) is 0. The van der Waals surface area contributed by atoms with Gasteiger partial charge in [-0.15, -0.1) is 11.3 Å². The van der Waals surface area contributed by atoms with Gasteiger partial charge in [-0.25, -0.2) is 4.98 Å². The Morgan fingerprint density at radius 1 is 1.29 bits per heavy atom. The number of hydrogen-bond donors (Lipinski definition) is 1. The first-order chi connectivity index (χ1) is 8.13. The molecule has 0 aliphatic carbocycles. The van der Waals surface area contributed by atoms with Crippen LogP contribution in [0.1, 0.15) is 5.01 Å². The average Bonchev–Trinajstić information content (AvgIpc) is 2.80. The molecule has 0 aliphatic heterocycles. The third-order valence-electron chi connectivity index (χ3n) is 2.71. The summed E-state index contributed by atoms with van der Waals surface area (Å²) >= 11 is 1.70. The minimum atomic E-state index is 0.662. The van der Waals surface area contributed by atoms with Crippen LogP contribution in [0.25, 0.3) is 21.5 Å². The molecule has 0 radical (unpaired) electrons. The lowest BCUT2D eigenvalue weighted by atomic mass is 10.1. The number of fused-ring (bicyclic) bond motifs is 1. The molecular formula is C12H12N4S. The summed E-state index contributed by atoms with van der Waals surface area (Å²) in [7, 11) is 1.84. The third-order valence-corrected chi connectivity index (χ3v) is 3.66. The molecule has 0 amide bonds. The molecule has 0 aliphatic rings. The molecule has 0 spiro atoms. The van der Waals surface area contributed by atoms with Crippen molar-refractivity contribution < 1.29 is 0 Å². The fraction of sp³-hybridized carbons (Fsp3) is 0.167. The van der Waals surface area contributed by atoms with Crippen LogP contribution in [0, 0.1) is 6.92 Å². The van der Waals surface area contributed by atoms with Crippen LogP contribution in [0.4, 0.5) is 5.82 Å². The zero-order chi connectivity index (χ0) is 12.0. The molecule has 5 heteroatoms. The molecule has 0 bridgehead atoms. The van der Waals surface area contributed by atoms with E-state index in [0.717, 1.165) is 21.8 Å². The van der Waals surface area contributed by atoms with Crippen LogP contribution in [0.15, 0.2) is 24.3 Å². The van der Waals surface area contributed by atoms with Crippen LogP contribution >= 0.6 is 11.3 Å². The summed E-state index contributed by atoms with van der Waals surface area (Å²) in [6, 6.07) is 8.07. The first-order valence-electron chi connectivity index (χ1n) is 5.30.